The number of anilines is 3. The van der Waals surface area contributed by atoms with Gasteiger partial charge >= 0.3 is 0 Å². The minimum absolute atomic E-state index is 0.0320. The van der Waals surface area contributed by atoms with E-state index < -0.39 is 0 Å². The quantitative estimate of drug-likeness (QED) is 0.694. The molecule has 1 amide bonds. The van der Waals surface area contributed by atoms with Crippen molar-refractivity contribution in [3.8, 4) is 0 Å². The molecule has 0 N–H and O–H groups in total. The van der Waals surface area contributed by atoms with E-state index in [0.717, 1.165) is 38.3 Å². The first kappa shape index (κ1) is 17.7. The van der Waals surface area contributed by atoms with Gasteiger partial charge in [-0.15, -0.1) is 0 Å². The number of carbonyl (C=O) groups is 1. The number of carbonyl (C=O) groups excluding carboxylic acids is 1. The third-order valence-electron chi connectivity index (χ3n) is 5.70. The first-order valence-electron chi connectivity index (χ1n) is 10.1. The summed E-state index contributed by atoms with van der Waals surface area (Å²) in [7, 11) is 0. The van der Waals surface area contributed by atoms with Crippen LogP contribution in [0.5, 0.6) is 0 Å². The fraction of sp³-hybridized carbons (Fsp3) is 0.261. The van der Waals surface area contributed by atoms with Gasteiger partial charge in [0, 0.05) is 56.5 Å². The molecule has 3 heterocycles. The van der Waals surface area contributed by atoms with Crippen LogP contribution in [0.2, 0.25) is 0 Å². The van der Waals surface area contributed by atoms with Crippen molar-refractivity contribution < 1.29 is 4.79 Å². The number of hydrogen-bond donors (Lipinski definition) is 0. The van der Waals surface area contributed by atoms with Crippen LogP contribution in [0.15, 0.2) is 67.0 Å². The highest BCUT2D eigenvalue weighted by molar-refractivity contribution is 6.07. The molecule has 0 radical (unpaired) electrons. The Morgan fingerprint density at radius 2 is 1.41 bits per heavy atom. The molecule has 6 nitrogen and oxygen atoms in total. The summed E-state index contributed by atoms with van der Waals surface area (Å²) in [6.45, 7) is 4.29. The van der Waals surface area contributed by atoms with E-state index in [1.54, 1.807) is 12.4 Å². The zero-order valence-electron chi connectivity index (χ0n) is 16.2. The predicted molar refractivity (Wildman–Crippen MR) is 115 cm³/mol. The molecule has 146 valence electrons. The van der Waals surface area contributed by atoms with Gasteiger partial charge in [-0.05, 0) is 30.2 Å². The van der Waals surface area contributed by atoms with Crippen LogP contribution in [0.1, 0.15) is 15.9 Å². The molecule has 0 unspecified atom stereocenters. The Morgan fingerprint density at radius 1 is 0.759 bits per heavy atom. The highest BCUT2D eigenvalue weighted by atomic mass is 16.2. The van der Waals surface area contributed by atoms with Crippen LogP contribution in [-0.2, 0) is 6.42 Å². The standard InChI is InChI=1S/C23H23N5O/c29-22(28-11-10-18-6-4-5-9-21(18)28)19-16-24-23(25-17-19)27-14-12-26(13-15-27)20-7-2-1-3-8-20/h1-9,16-17H,10-15H2. The second kappa shape index (κ2) is 7.54. The van der Waals surface area contributed by atoms with Gasteiger partial charge in [-0.25, -0.2) is 9.97 Å². The van der Waals surface area contributed by atoms with Gasteiger partial charge in [0.05, 0.1) is 5.56 Å². The number of piperazine rings is 1. The molecule has 2 aliphatic heterocycles. The maximum atomic E-state index is 12.9. The molecule has 29 heavy (non-hydrogen) atoms. The van der Waals surface area contributed by atoms with Crippen LogP contribution >= 0.6 is 0 Å². The molecule has 2 aliphatic rings. The van der Waals surface area contributed by atoms with Crippen LogP contribution < -0.4 is 14.7 Å². The monoisotopic (exact) mass is 385 g/mol. The normalized spacial score (nSPS) is 16.1. The number of nitrogens with zero attached hydrogens (tertiary/aromatic N) is 5. The summed E-state index contributed by atoms with van der Waals surface area (Å²) in [5.41, 5.74) is 4.00. The highest BCUT2D eigenvalue weighted by Gasteiger charge is 2.26. The van der Waals surface area contributed by atoms with E-state index in [-0.39, 0.29) is 5.91 Å². The van der Waals surface area contributed by atoms with E-state index in [1.807, 2.05) is 29.2 Å². The number of hydrogen-bond acceptors (Lipinski definition) is 5. The molecule has 6 heteroatoms. The lowest BCUT2D eigenvalue weighted by molar-refractivity contribution is 0.0988. The van der Waals surface area contributed by atoms with Gasteiger partial charge in [0.25, 0.3) is 5.91 Å². The van der Waals surface area contributed by atoms with Crippen LogP contribution in [0, 0.1) is 0 Å². The summed E-state index contributed by atoms with van der Waals surface area (Å²) in [6, 6.07) is 18.5. The van der Waals surface area contributed by atoms with Gasteiger partial charge in [-0.2, -0.15) is 0 Å². The zero-order valence-corrected chi connectivity index (χ0v) is 16.2. The lowest BCUT2D eigenvalue weighted by Gasteiger charge is -2.36. The molecule has 2 aromatic carbocycles. The SMILES string of the molecule is O=C(c1cnc(N2CCN(c3ccccc3)CC2)nc1)N1CCc2ccccc21. The lowest BCUT2D eigenvalue weighted by Crippen LogP contribution is -2.47. The van der Waals surface area contributed by atoms with Crippen molar-refractivity contribution >= 4 is 23.2 Å². The Hall–Kier alpha value is -3.41. The van der Waals surface area contributed by atoms with E-state index in [1.165, 1.54) is 11.3 Å². The summed E-state index contributed by atoms with van der Waals surface area (Å²) >= 11 is 0. The van der Waals surface area contributed by atoms with Crippen LogP contribution in [0.3, 0.4) is 0 Å². The van der Waals surface area contributed by atoms with Crippen LogP contribution in [0.4, 0.5) is 17.3 Å². The fourth-order valence-corrected chi connectivity index (χ4v) is 4.10. The molecule has 1 aromatic heterocycles. The Balaban J connectivity index is 1.25. The molecular weight excluding hydrogens is 362 g/mol. The summed E-state index contributed by atoms with van der Waals surface area (Å²) in [4.78, 5) is 28.3. The van der Waals surface area contributed by atoms with E-state index >= 15 is 0 Å². The summed E-state index contributed by atoms with van der Waals surface area (Å²) in [5, 5.41) is 0. The lowest BCUT2D eigenvalue weighted by atomic mass is 10.2. The van der Waals surface area contributed by atoms with Gasteiger partial charge in [0.2, 0.25) is 5.95 Å². The first-order chi connectivity index (χ1) is 14.3. The number of fused-ring (bicyclic) bond motifs is 1. The van der Waals surface area contributed by atoms with E-state index in [0.29, 0.717) is 18.1 Å². The van der Waals surface area contributed by atoms with Gasteiger partial charge < -0.3 is 14.7 Å². The molecule has 0 spiro atoms. The first-order valence-corrected chi connectivity index (χ1v) is 10.1. The number of benzene rings is 2. The average Bonchev–Trinajstić information content (AvgIpc) is 3.24. The average molecular weight is 385 g/mol. The summed E-state index contributed by atoms with van der Waals surface area (Å²) < 4.78 is 0. The zero-order chi connectivity index (χ0) is 19.6. The summed E-state index contributed by atoms with van der Waals surface area (Å²) in [6.07, 6.45) is 4.22. The van der Waals surface area contributed by atoms with Gasteiger partial charge in [0.1, 0.15) is 0 Å². The molecule has 1 saturated heterocycles. The molecule has 5 rings (SSSR count). The molecule has 0 aliphatic carbocycles. The minimum atomic E-state index is -0.0320. The van der Waals surface area contributed by atoms with Crippen LogP contribution in [0.25, 0.3) is 0 Å². The van der Waals surface area contributed by atoms with Crippen molar-refractivity contribution in [2.24, 2.45) is 0 Å². The molecule has 0 bridgehead atoms. The van der Waals surface area contributed by atoms with Gasteiger partial charge in [0.15, 0.2) is 0 Å². The number of rotatable bonds is 3. The number of aromatic nitrogens is 2. The van der Waals surface area contributed by atoms with Gasteiger partial charge in [-0.1, -0.05) is 36.4 Å². The molecule has 3 aromatic rings. The highest BCUT2D eigenvalue weighted by Crippen LogP contribution is 2.28. The van der Waals surface area contributed by atoms with Crippen molar-refractivity contribution in [2.45, 2.75) is 6.42 Å². The summed E-state index contributed by atoms with van der Waals surface area (Å²) in [5.74, 6) is 0.659. The van der Waals surface area contributed by atoms with Crippen molar-refractivity contribution in [1.29, 1.82) is 0 Å². The van der Waals surface area contributed by atoms with Crippen molar-refractivity contribution in [3.05, 3.63) is 78.1 Å². The Bertz CT molecular complexity index is 997. The Labute approximate surface area is 170 Å². The topological polar surface area (TPSA) is 52.6 Å². The third-order valence-corrected chi connectivity index (χ3v) is 5.70. The van der Waals surface area contributed by atoms with Gasteiger partial charge in [-0.3, -0.25) is 4.79 Å². The number of amides is 1. The van der Waals surface area contributed by atoms with Crippen molar-refractivity contribution in [3.63, 3.8) is 0 Å². The maximum absolute atomic E-state index is 12.9. The minimum Gasteiger partial charge on any atom is -0.368 e. The van der Waals surface area contributed by atoms with Crippen LogP contribution in [-0.4, -0.2) is 48.6 Å². The molecule has 1 fully saturated rings. The second-order valence-electron chi connectivity index (χ2n) is 7.42. The Morgan fingerprint density at radius 3 is 2.17 bits per heavy atom. The molecule has 0 atom stereocenters. The number of para-hydroxylation sites is 2. The van der Waals surface area contributed by atoms with E-state index in [4.69, 9.17) is 0 Å². The van der Waals surface area contributed by atoms with Crippen molar-refractivity contribution in [2.75, 3.05) is 47.4 Å². The second-order valence-corrected chi connectivity index (χ2v) is 7.42. The Kier molecular flexibility index (Phi) is 4.60. The fourth-order valence-electron chi connectivity index (χ4n) is 4.10. The van der Waals surface area contributed by atoms with E-state index in [2.05, 4.69) is 50.1 Å². The maximum Gasteiger partial charge on any atom is 0.261 e. The molecule has 0 saturated carbocycles. The molecular formula is C23H23N5O. The largest absolute Gasteiger partial charge is 0.368 e. The third kappa shape index (κ3) is 3.42. The smallest absolute Gasteiger partial charge is 0.261 e. The van der Waals surface area contributed by atoms with E-state index in [9.17, 15) is 4.79 Å². The predicted octanol–water partition coefficient (Wildman–Crippen LogP) is 3.01. The van der Waals surface area contributed by atoms with Crippen molar-refractivity contribution in [1.82, 2.24) is 9.97 Å².